The summed E-state index contributed by atoms with van der Waals surface area (Å²) >= 11 is 5.69. The Balaban J connectivity index is 2.82. The fourth-order valence-electron chi connectivity index (χ4n) is 1.31. The lowest BCUT2D eigenvalue weighted by atomic mass is 10.1. The molecule has 76 valence electrons. The van der Waals surface area contributed by atoms with Crippen LogP contribution in [0.1, 0.15) is 10.4 Å². The summed E-state index contributed by atoms with van der Waals surface area (Å²) in [5.74, 6) is -1.16. The Morgan fingerprint density at radius 2 is 2.20 bits per heavy atom. The summed E-state index contributed by atoms with van der Waals surface area (Å²) in [4.78, 5) is 14.7. The lowest BCUT2D eigenvalue weighted by Gasteiger charge is -2.02. The van der Waals surface area contributed by atoms with Gasteiger partial charge in [-0.05, 0) is 12.1 Å². The molecule has 0 aliphatic carbocycles. The van der Waals surface area contributed by atoms with Gasteiger partial charge >= 0.3 is 0 Å². The molecule has 0 saturated carbocycles. The number of amides is 1. The Morgan fingerprint density at radius 3 is 2.87 bits per heavy atom. The van der Waals surface area contributed by atoms with Crippen LogP contribution in [0.2, 0.25) is 5.15 Å². The SMILES string of the molecule is NC(=O)c1cc2cccc(F)c2nc1Cl. The van der Waals surface area contributed by atoms with Crippen LogP contribution in [0.3, 0.4) is 0 Å². The van der Waals surface area contributed by atoms with Crippen molar-refractivity contribution >= 4 is 28.4 Å². The van der Waals surface area contributed by atoms with Crippen LogP contribution in [-0.4, -0.2) is 10.9 Å². The van der Waals surface area contributed by atoms with E-state index in [4.69, 9.17) is 17.3 Å². The molecule has 0 bridgehead atoms. The number of carbonyl (C=O) groups is 1. The van der Waals surface area contributed by atoms with Crippen molar-refractivity contribution in [2.24, 2.45) is 5.73 Å². The molecular weight excluding hydrogens is 219 g/mol. The Bertz CT molecular complexity index is 556. The lowest BCUT2D eigenvalue weighted by molar-refractivity contribution is 0.100. The van der Waals surface area contributed by atoms with Crippen molar-refractivity contribution in [2.75, 3.05) is 0 Å². The molecule has 0 unspecified atom stereocenters. The molecule has 0 aliphatic heterocycles. The van der Waals surface area contributed by atoms with Crippen LogP contribution in [0.25, 0.3) is 10.9 Å². The Morgan fingerprint density at radius 1 is 1.47 bits per heavy atom. The normalized spacial score (nSPS) is 10.5. The first-order chi connectivity index (χ1) is 7.09. The zero-order valence-electron chi connectivity index (χ0n) is 7.50. The zero-order valence-corrected chi connectivity index (χ0v) is 8.25. The molecule has 0 atom stereocenters. The van der Waals surface area contributed by atoms with Crippen LogP contribution in [0, 0.1) is 5.82 Å². The van der Waals surface area contributed by atoms with Gasteiger partial charge in [-0.2, -0.15) is 0 Å². The minimum Gasteiger partial charge on any atom is -0.366 e. The molecule has 0 radical (unpaired) electrons. The number of nitrogens with two attached hydrogens (primary N) is 1. The summed E-state index contributed by atoms with van der Waals surface area (Å²) in [5.41, 5.74) is 5.31. The quantitative estimate of drug-likeness (QED) is 0.755. The van der Waals surface area contributed by atoms with Crippen molar-refractivity contribution in [2.45, 2.75) is 0 Å². The van der Waals surface area contributed by atoms with Crippen LogP contribution in [0.4, 0.5) is 4.39 Å². The molecule has 0 aliphatic rings. The molecule has 1 amide bonds. The van der Waals surface area contributed by atoms with E-state index in [1.807, 2.05) is 0 Å². The average Bonchev–Trinajstić information content (AvgIpc) is 2.18. The second kappa shape index (κ2) is 3.47. The van der Waals surface area contributed by atoms with E-state index in [1.54, 1.807) is 6.07 Å². The number of benzene rings is 1. The minimum atomic E-state index is -0.682. The standard InChI is InChI=1S/C10H6ClFN2O/c11-9-6(10(13)15)4-5-2-1-3-7(12)8(5)14-9/h1-4H,(H2,13,15). The van der Waals surface area contributed by atoms with Crippen molar-refractivity contribution in [3.05, 3.63) is 40.8 Å². The molecule has 0 spiro atoms. The summed E-state index contributed by atoms with van der Waals surface area (Å²) < 4.78 is 13.3. The van der Waals surface area contributed by atoms with Crippen molar-refractivity contribution in [3.63, 3.8) is 0 Å². The van der Waals surface area contributed by atoms with Crippen molar-refractivity contribution in [1.29, 1.82) is 0 Å². The highest BCUT2D eigenvalue weighted by atomic mass is 35.5. The van der Waals surface area contributed by atoms with Crippen LogP contribution >= 0.6 is 11.6 Å². The predicted octanol–water partition coefficient (Wildman–Crippen LogP) is 2.13. The minimum absolute atomic E-state index is 0.0832. The van der Waals surface area contributed by atoms with E-state index in [-0.39, 0.29) is 16.2 Å². The van der Waals surface area contributed by atoms with Gasteiger partial charge in [-0.1, -0.05) is 23.7 Å². The van der Waals surface area contributed by atoms with Gasteiger partial charge in [0.1, 0.15) is 16.5 Å². The molecule has 2 aromatic rings. The highest BCUT2D eigenvalue weighted by Crippen LogP contribution is 2.21. The fraction of sp³-hybridized carbons (Fsp3) is 0. The number of pyridine rings is 1. The van der Waals surface area contributed by atoms with Gasteiger partial charge in [-0.15, -0.1) is 0 Å². The molecule has 1 heterocycles. The number of carbonyl (C=O) groups excluding carboxylic acids is 1. The summed E-state index contributed by atoms with van der Waals surface area (Å²) in [6, 6.07) is 5.86. The first-order valence-electron chi connectivity index (χ1n) is 4.14. The Kier molecular flexibility index (Phi) is 2.28. The third kappa shape index (κ3) is 1.64. The molecular formula is C10H6ClFN2O. The lowest BCUT2D eigenvalue weighted by Crippen LogP contribution is -2.12. The number of para-hydroxylation sites is 1. The second-order valence-electron chi connectivity index (χ2n) is 3.00. The molecule has 0 saturated heterocycles. The van der Waals surface area contributed by atoms with Gasteiger partial charge in [0, 0.05) is 5.39 Å². The maximum Gasteiger partial charge on any atom is 0.251 e. The number of aromatic nitrogens is 1. The van der Waals surface area contributed by atoms with Gasteiger partial charge in [0.25, 0.3) is 5.91 Å². The predicted molar refractivity (Wildman–Crippen MR) is 55.2 cm³/mol. The van der Waals surface area contributed by atoms with E-state index in [0.717, 1.165) is 0 Å². The van der Waals surface area contributed by atoms with Crippen LogP contribution < -0.4 is 5.73 Å². The van der Waals surface area contributed by atoms with E-state index in [2.05, 4.69) is 4.98 Å². The topological polar surface area (TPSA) is 56.0 Å². The fourth-order valence-corrected chi connectivity index (χ4v) is 1.54. The monoisotopic (exact) mass is 224 g/mol. The maximum atomic E-state index is 13.3. The van der Waals surface area contributed by atoms with E-state index >= 15 is 0 Å². The number of primary amides is 1. The van der Waals surface area contributed by atoms with E-state index in [1.165, 1.54) is 18.2 Å². The van der Waals surface area contributed by atoms with Gasteiger partial charge in [-0.3, -0.25) is 4.79 Å². The highest BCUT2D eigenvalue weighted by molar-refractivity contribution is 6.33. The Labute approximate surface area is 89.7 Å². The first kappa shape index (κ1) is 9.86. The van der Waals surface area contributed by atoms with Crippen LogP contribution in [0.15, 0.2) is 24.3 Å². The third-order valence-electron chi connectivity index (χ3n) is 2.02. The van der Waals surface area contributed by atoms with Gasteiger partial charge in [-0.25, -0.2) is 9.37 Å². The van der Waals surface area contributed by atoms with E-state index in [9.17, 15) is 9.18 Å². The van der Waals surface area contributed by atoms with Crippen molar-refractivity contribution < 1.29 is 9.18 Å². The first-order valence-corrected chi connectivity index (χ1v) is 4.52. The number of fused-ring (bicyclic) bond motifs is 1. The Hall–Kier alpha value is -1.68. The molecule has 1 aromatic carbocycles. The average molecular weight is 225 g/mol. The number of hydrogen-bond acceptors (Lipinski definition) is 2. The second-order valence-corrected chi connectivity index (χ2v) is 3.36. The summed E-state index contributed by atoms with van der Waals surface area (Å²) in [6.45, 7) is 0. The number of hydrogen-bond donors (Lipinski definition) is 1. The third-order valence-corrected chi connectivity index (χ3v) is 2.30. The summed E-state index contributed by atoms with van der Waals surface area (Å²) in [5, 5.41) is 0.410. The molecule has 15 heavy (non-hydrogen) atoms. The molecule has 3 nitrogen and oxygen atoms in total. The molecule has 1 aromatic heterocycles. The zero-order chi connectivity index (χ0) is 11.0. The largest absolute Gasteiger partial charge is 0.366 e. The van der Waals surface area contributed by atoms with Crippen LogP contribution in [0.5, 0.6) is 0 Å². The molecule has 5 heteroatoms. The summed E-state index contributed by atoms with van der Waals surface area (Å²) in [6.07, 6.45) is 0. The molecule has 2 rings (SSSR count). The molecule has 2 N–H and O–H groups in total. The maximum absolute atomic E-state index is 13.3. The van der Waals surface area contributed by atoms with Gasteiger partial charge in [0.15, 0.2) is 0 Å². The number of nitrogens with zero attached hydrogens (tertiary/aromatic N) is 1. The smallest absolute Gasteiger partial charge is 0.251 e. The van der Waals surface area contributed by atoms with Gasteiger partial charge < -0.3 is 5.73 Å². The number of halogens is 2. The summed E-state index contributed by atoms with van der Waals surface area (Å²) in [7, 11) is 0. The van der Waals surface area contributed by atoms with Gasteiger partial charge in [0.05, 0.1) is 5.56 Å². The van der Waals surface area contributed by atoms with E-state index < -0.39 is 11.7 Å². The number of rotatable bonds is 1. The highest BCUT2D eigenvalue weighted by Gasteiger charge is 2.11. The van der Waals surface area contributed by atoms with Crippen molar-refractivity contribution in [3.8, 4) is 0 Å². The van der Waals surface area contributed by atoms with Crippen molar-refractivity contribution in [1.82, 2.24) is 4.98 Å². The van der Waals surface area contributed by atoms with E-state index in [0.29, 0.717) is 5.39 Å². The molecule has 0 fully saturated rings. The van der Waals surface area contributed by atoms with Gasteiger partial charge in [0.2, 0.25) is 0 Å². The van der Waals surface area contributed by atoms with Crippen LogP contribution in [-0.2, 0) is 0 Å².